The third-order valence-corrected chi connectivity index (χ3v) is 7.50. The largest absolute Gasteiger partial charge is 0.354 e. The number of nitrogens with zero attached hydrogens (tertiary/aromatic N) is 5. The molecule has 1 aliphatic rings. The Morgan fingerprint density at radius 2 is 1.52 bits per heavy atom. The lowest BCUT2D eigenvalue weighted by atomic mass is 10.4. The average molecular weight is 410 g/mol. The zero-order chi connectivity index (χ0) is 19.7. The van der Waals surface area contributed by atoms with Gasteiger partial charge in [-0.2, -0.15) is 5.10 Å². The van der Waals surface area contributed by atoms with Crippen molar-refractivity contribution in [1.82, 2.24) is 24.2 Å². The Bertz CT molecular complexity index is 1020. The molecule has 0 radical (unpaired) electrons. The molecule has 13 heteroatoms. The maximum Gasteiger partial charge on any atom is 0.354 e. The molecule has 0 aromatic carbocycles. The summed E-state index contributed by atoms with van der Waals surface area (Å²) in [4.78, 5) is 18.9. The highest BCUT2D eigenvalue weighted by Crippen LogP contribution is 2.26. The molecule has 11 nitrogen and oxygen atoms in total. The number of rotatable bonds is 5. The third kappa shape index (κ3) is 3.51. The number of sulfonamides is 2. The van der Waals surface area contributed by atoms with Gasteiger partial charge in [-0.25, -0.2) is 32.1 Å². The number of amides is 2. The maximum absolute atomic E-state index is 13.1. The van der Waals surface area contributed by atoms with Gasteiger partial charge in [-0.05, 0) is 31.2 Å². The van der Waals surface area contributed by atoms with Gasteiger partial charge in [0, 0.05) is 28.6 Å². The van der Waals surface area contributed by atoms with Crippen LogP contribution in [-0.2, 0) is 20.0 Å². The molecule has 1 aliphatic heterocycles. The van der Waals surface area contributed by atoms with E-state index >= 15 is 0 Å². The molecule has 0 atom stereocenters. The number of urea groups is 1. The normalized spacial score (nSPS) is 15.4. The van der Waals surface area contributed by atoms with Crippen LogP contribution >= 0.6 is 0 Å². The topological polar surface area (TPSA) is 142 Å². The molecule has 3 heterocycles. The van der Waals surface area contributed by atoms with Gasteiger partial charge in [0.1, 0.15) is 9.79 Å². The molecule has 2 amide bonds. The first-order chi connectivity index (χ1) is 12.7. The van der Waals surface area contributed by atoms with Gasteiger partial charge >= 0.3 is 6.03 Å². The van der Waals surface area contributed by atoms with Crippen molar-refractivity contribution in [3.63, 3.8) is 0 Å². The van der Waals surface area contributed by atoms with Gasteiger partial charge in [-0.15, -0.1) is 0 Å². The molecule has 0 saturated heterocycles. The monoisotopic (exact) mass is 410 g/mol. The fraction of sp³-hybridized carbons (Fsp3) is 0.143. The Hall–Kier alpha value is -2.90. The molecule has 0 unspecified atom stereocenters. The van der Waals surface area contributed by atoms with E-state index in [0.29, 0.717) is 10.7 Å². The summed E-state index contributed by atoms with van der Waals surface area (Å²) in [5.74, 6) is 0. The highest BCUT2D eigenvalue weighted by Gasteiger charge is 2.45. The lowest BCUT2D eigenvalue weighted by molar-refractivity contribution is 0.152. The van der Waals surface area contributed by atoms with E-state index in [-0.39, 0.29) is 10.4 Å². The van der Waals surface area contributed by atoms with Crippen molar-refractivity contribution in [3.8, 4) is 0 Å². The number of aromatic nitrogens is 2. The second-order valence-electron chi connectivity index (χ2n) is 5.39. The number of hydrogen-bond donors (Lipinski definition) is 1. The van der Waals surface area contributed by atoms with Crippen LogP contribution in [0.1, 0.15) is 6.92 Å². The van der Waals surface area contributed by atoms with Crippen LogP contribution in [0.3, 0.4) is 0 Å². The third-order valence-electron chi connectivity index (χ3n) is 3.43. The Kier molecular flexibility index (Phi) is 4.91. The fourth-order valence-corrected chi connectivity index (χ4v) is 5.81. The van der Waals surface area contributed by atoms with Gasteiger partial charge in [0.15, 0.2) is 0 Å². The summed E-state index contributed by atoms with van der Waals surface area (Å²) in [6.45, 7) is 1.17. The number of carbonyl (C=O) groups is 1. The van der Waals surface area contributed by atoms with Crippen molar-refractivity contribution in [1.29, 1.82) is 0 Å². The fourth-order valence-electron chi connectivity index (χ4n) is 2.23. The summed E-state index contributed by atoms with van der Waals surface area (Å²) >= 11 is 0. The Balaban J connectivity index is 2.22. The number of carbonyl (C=O) groups excluding carboxylic acids is 1. The van der Waals surface area contributed by atoms with Crippen LogP contribution in [0, 0.1) is 0 Å². The van der Waals surface area contributed by atoms with Crippen molar-refractivity contribution >= 4 is 31.8 Å². The summed E-state index contributed by atoms with van der Waals surface area (Å²) < 4.78 is 52.6. The van der Waals surface area contributed by atoms with Crippen molar-refractivity contribution < 1.29 is 21.6 Å². The van der Waals surface area contributed by atoms with E-state index in [1.165, 1.54) is 43.6 Å². The summed E-state index contributed by atoms with van der Waals surface area (Å²) in [5.41, 5.74) is 2.39. The number of hydrazone groups is 1. The van der Waals surface area contributed by atoms with Crippen LogP contribution in [0.2, 0.25) is 0 Å². The van der Waals surface area contributed by atoms with Crippen LogP contribution in [0.25, 0.3) is 0 Å². The van der Waals surface area contributed by atoms with Crippen molar-refractivity contribution in [3.05, 3.63) is 49.1 Å². The van der Waals surface area contributed by atoms with E-state index in [1.54, 1.807) is 0 Å². The van der Waals surface area contributed by atoms with E-state index in [4.69, 9.17) is 0 Å². The first kappa shape index (κ1) is 18.9. The number of nitrogens with one attached hydrogen (secondary N) is 1. The standard InChI is InChI=1S/C14H14N6O5S2/c1-11-10-19(14(21)18-17-11)20(26(22,23)12-4-2-6-15-8-12)27(24,25)13-5-3-7-16-9-13/h2-9H,10H2,1H3,(H,18,21). The van der Waals surface area contributed by atoms with Gasteiger partial charge in [0.2, 0.25) is 0 Å². The molecule has 2 aromatic heterocycles. The lowest BCUT2D eigenvalue weighted by Gasteiger charge is -2.33. The predicted octanol–water partition coefficient (Wildman–Crippen LogP) is 0.172. The molecule has 3 rings (SSSR count). The van der Waals surface area contributed by atoms with Gasteiger partial charge in [-0.1, -0.05) is 0 Å². The Morgan fingerprint density at radius 3 is 1.96 bits per heavy atom. The minimum atomic E-state index is -4.70. The molecule has 0 saturated carbocycles. The zero-order valence-electron chi connectivity index (χ0n) is 13.9. The van der Waals surface area contributed by atoms with E-state index in [2.05, 4.69) is 20.5 Å². The minimum Gasteiger partial charge on any atom is -0.263 e. The number of hydrogen-bond acceptors (Lipinski definition) is 8. The summed E-state index contributed by atoms with van der Waals surface area (Å²) in [5, 5.41) is 4.24. The van der Waals surface area contributed by atoms with Crippen molar-refractivity contribution in [2.75, 3.05) is 6.54 Å². The molecule has 2 aromatic rings. The summed E-state index contributed by atoms with van der Waals surface area (Å²) in [7, 11) is -9.40. The zero-order valence-corrected chi connectivity index (χ0v) is 15.6. The quantitative estimate of drug-likeness (QED) is 0.740. The van der Waals surface area contributed by atoms with E-state index in [0.717, 1.165) is 12.4 Å². The van der Waals surface area contributed by atoms with Crippen LogP contribution in [0.5, 0.6) is 0 Å². The Labute approximate surface area is 155 Å². The predicted molar refractivity (Wildman–Crippen MR) is 93.0 cm³/mol. The highest BCUT2D eigenvalue weighted by molar-refractivity contribution is 8.04. The van der Waals surface area contributed by atoms with Gasteiger partial charge in [0.25, 0.3) is 20.0 Å². The number of hydrazine groups is 1. The average Bonchev–Trinajstić information content (AvgIpc) is 2.66. The molecule has 142 valence electrons. The molecular weight excluding hydrogens is 396 g/mol. The molecule has 1 N–H and O–H groups in total. The highest BCUT2D eigenvalue weighted by atomic mass is 32.3. The van der Waals surface area contributed by atoms with Gasteiger partial charge in [-0.3, -0.25) is 9.97 Å². The van der Waals surface area contributed by atoms with Crippen LogP contribution in [0.4, 0.5) is 4.79 Å². The lowest BCUT2D eigenvalue weighted by Crippen LogP contribution is -2.58. The second kappa shape index (κ2) is 7.02. The van der Waals surface area contributed by atoms with Crippen LogP contribution in [-0.4, -0.2) is 53.9 Å². The van der Waals surface area contributed by atoms with Gasteiger partial charge in [0.05, 0.1) is 12.3 Å². The maximum atomic E-state index is 13.1. The van der Waals surface area contributed by atoms with Crippen molar-refractivity contribution in [2.45, 2.75) is 16.7 Å². The molecule has 0 spiro atoms. The van der Waals surface area contributed by atoms with E-state index in [9.17, 15) is 21.6 Å². The van der Waals surface area contributed by atoms with E-state index < -0.39 is 35.9 Å². The molecule has 27 heavy (non-hydrogen) atoms. The van der Waals surface area contributed by atoms with Crippen LogP contribution < -0.4 is 5.43 Å². The SMILES string of the molecule is CC1=NNC(=O)N(N(S(=O)(=O)c2cccnc2)S(=O)(=O)c2cccnc2)C1. The van der Waals surface area contributed by atoms with Crippen molar-refractivity contribution in [2.24, 2.45) is 5.10 Å². The first-order valence-electron chi connectivity index (χ1n) is 7.46. The van der Waals surface area contributed by atoms with E-state index in [1.807, 2.05) is 0 Å². The van der Waals surface area contributed by atoms with Gasteiger partial charge < -0.3 is 0 Å². The summed E-state index contributed by atoms with van der Waals surface area (Å²) in [6.07, 6.45) is 4.65. The smallest absolute Gasteiger partial charge is 0.263 e. The molecule has 0 aliphatic carbocycles. The first-order valence-corrected chi connectivity index (χ1v) is 10.3. The summed E-state index contributed by atoms with van der Waals surface area (Å²) in [6, 6.07) is 4.02. The van der Waals surface area contributed by atoms with Crippen LogP contribution in [0.15, 0.2) is 63.9 Å². The minimum absolute atomic E-state index is 0.0432. The molecule has 0 bridgehead atoms. The second-order valence-corrected chi connectivity index (χ2v) is 9.15. The molecular formula is C14H14N6O5S2. The molecule has 0 fully saturated rings. The Morgan fingerprint density at radius 1 is 1.00 bits per heavy atom. The number of pyridine rings is 2.